The summed E-state index contributed by atoms with van der Waals surface area (Å²) in [6.45, 7) is 9.32. The molecule has 6 heteroatoms. The van der Waals surface area contributed by atoms with Gasteiger partial charge in [-0.3, -0.25) is 9.69 Å². The first-order chi connectivity index (χ1) is 16.5. The Bertz CT molecular complexity index is 872. The van der Waals surface area contributed by atoms with Gasteiger partial charge in [0.1, 0.15) is 17.3 Å². The van der Waals surface area contributed by atoms with Gasteiger partial charge in [-0.05, 0) is 62.2 Å². The maximum Gasteiger partial charge on any atom is 0.260 e. The average Bonchev–Trinajstić information content (AvgIpc) is 2.84. The molecular weight excluding hydrogens is 431 g/mol. The average molecular weight is 471 g/mol. The number of unbranched alkanes of at least 4 members (excludes halogenated alkanes) is 4. The van der Waals surface area contributed by atoms with Crippen LogP contribution >= 0.6 is 0 Å². The van der Waals surface area contributed by atoms with Crippen molar-refractivity contribution in [3.63, 3.8) is 0 Å². The van der Waals surface area contributed by atoms with Crippen LogP contribution in [-0.2, 0) is 11.3 Å². The summed E-state index contributed by atoms with van der Waals surface area (Å²) in [5.74, 6) is 1.27. The molecule has 2 unspecified atom stereocenters. The number of piperazine rings is 1. The second-order valence-electron chi connectivity index (χ2n) is 9.32. The van der Waals surface area contributed by atoms with E-state index in [9.17, 15) is 9.18 Å². The summed E-state index contributed by atoms with van der Waals surface area (Å²) in [4.78, 5) is 17.1. The van der Waals surface area contributed by atoms with Crippen LogP contribution in [0.2, 0.25) is 0 Å². The summed E-state index contributed by atoms with van der Waals surface area (Å²) < 4.78 is 24.7. The molecule has 1 aliphatic rings. The summed E-state index contributed by atoms with van der Waals surface area (Å²) in [5, 5.41) is 0. The first-order valence-electron chi connectivity index (χ1n) is 12.6. The van der Waals surface area contributed by atoms with Gasteiger partial charge in [0.05, 0.1) is 6.61 Å². The minimum Gasteiger partial charge on any atom is -0.494 e. The number of amides is 1. The fraction of sp³-hybridized carbons (Fsp3) is 0.536. The van der Waals surface area contributed by atoms with Crippen molar-refractivity contribution in [3.05, 3.63) is 59.9 Å². The van der Waals surface area contributed by atoms with Gasteiger partial charge in [-0.15, -0.1) is 0 Å². The summed E-state index contributed by atoms with van der Waals surface area (Å²) >= 11 is 0. The normalized spacial score (nSPS) is 18.6. The second-order valence-corrected chi connectivity index (χ2v) is 9.32. The lowest BCUT2D eigenvalue weighted by Gasteiger charge is -2.44. The van der Waals surface area contributed by atoms with Gasteiger partial charge in [0.15, 0.2) is 6.61 Å². The number of nitrogens with zero attached hydrogens (tertiary/aromatic N) is 2. The molecule has 3 rings (SSSR count). The fourth-order valence-electron chi connectivity index (χ4n) is 4.35. The molecule has 186 valence electrons. The second kappa shape index (κ2) is 13.3. The monoisotopic (exact) mass is 470 g/mol. The minimum absolute atomic E-state index is 0.00631. The highest BCUT2D eigenvalue weighted by molar-refractivity contribution is 5.78. The van der Waals surface area contributed by atoms with Crippen LogP contribution in [0.3, 0.4) is 0 Å². The molecule has 2 aromatic rings. The number of ether oxygens (including phenoxy) is 2. The maximum atomic E-state index is 13.2. The lowest BCUT2D eigenvalue weighted by Crippen LogP contribution is -2.58. The molecule has 1 amide bonds. The summed E-state index contributed by atoms with van der Waals surface area (Å²) in [6, 6.07) is 14.4. The molecule has 0 N–H and O–H groups in total. The Labute approximate surface area is 203 Å². The Morgan fingerprint density at radius 3 is 2.21 bits per heavy atom. The summed E-state index contributed by atoms with van der Waals surface area (Å²) in [6.07, 6.45) is 6.07. The van der Waals surface area contributed by atoms with Gasteiger partial charge < -0.3 is 14.4 Å². The van der Waals surface area contributed by atoms with Crippen molar-refractivity contribution >= 4 is 5.91 Å². The highest BCUT2D eigenvalue weighted by Gasteiger charge is 2.32. The van der Waals surface area contributed by atoms with E-state index in [1.165, 1.54) is 37.8 Å². The van der Waals surface area contributed by atoms with Crippen LogP contribution in [0.15, 0.2) is 48.5 Å². The van der Waals surface area contributed by atoms with Crippen molar-refractivity contribution in [1.82, 2.24) is 9.80 Å². The smallest absolute Gasteiger partial charge is 0.260 e. The molecule has 1 heterocycles. The van der Waals surface area contributed by atoms with Crippen molar-refractivity contribution in [3.8, 4) is 11.5 Å². The van der Waals surface area contributed by atoms with Gasteiger partial charge >= 0.3 is 0 Å². The van der Waals surface area contributed by atoms with Crippen molar-refractivity contribution < 1.29 is 18.7 Å². The van der Waals surface area contributed by atoms with E-state index < -0.39 is 0 Å². The van der Waals surface area contributed by atoms with Gasteiger partial charge in [0.2, 0.25) is 0 Å². The molecule has 1 aliphatic heterocycles. The summed E-state index contributed by atoms with van der Waals surface area (Å²) in [5.41, 5.74) is 1.08. The van der Waals surface area contributed by atoms with Crippen LogP contribution in [0.25, 0.3) is 0 Å². The van der Waals surface area contributed by atoms with E-state index in [4.69, 9.17) is 9.47 Å². The van der Waals surface area contributed by atoms with Gasteiger partial charge in [0.25, 0.3) is 5.91 Å². The van der Waals surface area contributed by atoms with Crippen molar-refractivity contribution in [1.29, 1.82) is 0 Å². The largest absolute Gasteiger partial charge is 0.494 e. The topological polar surface area (TPSA) is 42.0 Å². The Balaban J connectivity index is 1.41. The van der Waals surface area contributed by atoms with Gasteiger partial charge in [-0.1, -0.05) is 44.7 Å². The number of rotatable bonds is 12. The highest BCUT2D eigenvalue weighted by Crippen LogP contribution is 2.21. The van der Waals surface area contributed by atoms with E-state index >= 15 is 0 Å². The molecule has 0 spiro atoms. The van der Waals surface area contributed by atoms with Crippen LogP contribution in [0.4, 0.5) is 4.39 Å². The molecule has 0 bridgehead atoms. The predicted molar refractivity (Wildman–Crippen MR) is 134 cm³/mol. The van der Waals surface area contributed by atoms with Crippen LogP contribution in [-0.4, -0.2) is 54.1 Å². The number of carbonyl (C=O) groups excluding carboxylic acids is 1. The van der Waals surface area contributed by atoms with Crippen LogP contribution in [0.1, 0.15) is 58.4 Å². The Hall–Kier alpha value is -2.60. The zero-order valence-electron chi connectivity index (χ0n) is 20.8. The van der Waals surface area contributed by atoms with E-state index in [1.807, 2.05) is 41.3 Å². The number of halogens is 1. The third-order valence-electron chi connectivity index (χ3n) is 6.44. The zero-order valence-corrected chi connectivity index (χ0v) is 20.8. The number of hydrogen-bond donors (Lipinski definition) is 0. The molecule has 34 heavy (non-hydrogen) atoms. The van der Waals surface area contributed by atoms with E-state index in [-0.39, 0.29) is 30.4 Å². The molecule has 2 atom stereocenters. The Morgan fingerprint density at radius 1 is 0.882 bits per heavy atom. The van der Waals surface area contributed by atoms with Crippen LogP contribution < -0.4 is 9.47 Å². The first kappa shape index (κ1) is 26.0. The standard InChI is InChI=1S/C28H39FN2O3/c1-4-5-6-7-8-17-33-26-13-15-27(16-14-26)34-21-28(32)31-19-22(2)30(18-23(31)3)20-24-9-11-25(29)12-10-24/h9-16,22-23H,4-8,17-21H2,1-3H3. The molecule has 0 saturated carbocycles. The van der Waals surface area contributed by atoms with Crippen LogP contribution in [0, 0.1) is 5.82 Å². The predicted octanol–water partition coefficient (Wildman–Crippen LogP) is 5.68. The number of carbonyl (C=O) groups is 1. The van der Waals surface area contributed by atoms with Gasteiger partial charge in [-0.2, -0.15) is 0 Å². The lowest BCUT2D eigenvalue weighted by atomic mass is 10.1. The lowest BCUT2D eigenvalue weighted by molar-refractivity contribution is -0.139. The van der Waals surface area contributed by atoms with Crippen molar-refractivity contribution in [2.75, 3.05) is 26.3 Å². The first-order valence-corrected chi connectivity index (χ1v) is 12.6. The molecule has 0 radical (unpaired) electrons. The van der Waals surface area contributed by atoms with Gasteiger partial charge in [0, 0.05) is 31.7 Å². The number of hydrogen-bond acceptors (Lipinski definition) is 4. The molecule has 2 aromatic carbocycles. The molecule has 5 nitrogen and oxygen atoms in total. The number of benzene rings is 2. The van der Waals surface area contributed by atoms with E-state index in [0.717, 1.165) is 37.4 Å². The molecule has 1 fully saturated rings. The minimum atomic E-state index is -0.222. The zero-order chi connectivity index (χ0) is 24.3. The highest BCUT2D eigenvalue weighted by atomic mass is 19.1. The van der Waals surface area contributed by atoms with Gasteiger partial charge in [-0.25, -0.2) is 4.39 Å². The SMILES string of the molecule is CCCCCCCOc1ccc(OCC(=O)N2CC(C)N(Cc3ccc(F)cc3)CC2C)cc1. The molecule has 0 aromatic heterocycles. The Kier molecular flexibility index (Phi) is 10.2. The van der Waals surface area contributed by atoms with E-state index in [2.05, 4.69) is 25.7 Å². The van der Waals surface area contributed by atoms with E-state index in [0.29, 0.717) is 12.3 Å². The fourth-order valence-corrected chi connectivity index (χ4v) is 4.35. The van der Waals surface area contributed by atoms with Crippen LogP contribution in [0.5, 0.6) is 11.5 Å². The summed E-state index contributed by atoms with van der Waals surface area (Å²) in [7, 11) is 0. The Morgan fingerprint density at radius 2 is 1.53 bits per heavy atom. The van der Waals surface area contributed by atoms with Crippen molar-refractivity contribution in [2.45, 2.75) is 71.5 Å². The van der Waals surface area contributed by atoms with E-state index in [1.54, 1.807) is 0 Å². The molecule has 0 aliphatic carbocycles. The third kappa shape index (κ3) is 8.01. The van der Waals surface area contributed by atoms with Crippen molar-refractivity contribution in [2.24, 2.45) is 0 Å². The maximum absolute atomic E-state index is 13.2. The molecular formula is C28H39FN2O3. The third-order valence-corrected chi connectivity index (χ3v) is 6.44. The molecule has 1 saturated heterocycles. The quantitative estimate of drug-likeness (QED) is 0.375.